The van der Waals surface area contributed by atoms with Crippen molar-refractivity contribution in [2.24, 2.45) is 5.41 Å². The van der Waals surface area contributed by atoms with E-state index in [1.165, 1.54) is 35.2 Å². The Morgan fingerprint density at radius 1 is 1.10 bits per heavy atom. The fourth-order valence-corrected chi connectivity index (χ4v) is 3.39. The molecule has 0 heterocycles. The third-order valence-electron chi connectivity index (χ3n) is 4.83. The van der Waals surface area contributed by atoms with Crippen LogP contribution in [0, 0.1) is 5.41 Å². The van der Waals surface area contributed by atoms with Crippen molar-refractivity contribution in [3.8, 4) is 0 Å². The van der Waals surface area contributed by atoms with Gasteiger partial charge in [-0.2, -0.15) is 0 Å². The first kappa shape index (κ1) is 14.2. The van der Waals surface area contributed by atoms with E-state index < -0.39 is 0 Å². The zero-order valence-electron chi connectivity index (χ0n) is 13.3. The molecule has 110 valence electrons. The monoisotopic (exact) mass is 279 g/mol. The molecule has 21 heavy (non-hydrogen) atoms. The van der Waals surface area contributed by atoms with E-state index in [0.717, 1.165) is 6.42 Å². The van der Waals surface area contributed by atoms with Gasteiger partial charge < -0.3 is 5.32 Å². The third kappa shape index (κ3) is 2.83. The Kier molecular flexibility index (Phi) is 3.75. The highest BCUT2D eigenvalue weighted by atomic mass is 14.9. The maximum atomic E-state index is 3.80. The summed E-state index contributed by atoms with van der Waals surface area (Å²) in [5, 5.41) is 3.80. The Bertz CT molecular complexity index is 627. The SMILES string of the molecule is CCc1cccc(NC2c3ccccc3CCC2(C)C)c1. The van der Waals surface area contributed by atoms with Crippen LogP contribution in [0.2, 0.25) is 0 Å². The minimum atomic E-state index is 0.274. The van der Waals surface area contributed by atoms with Crippen LogP contribution in [0.5, 0.6) is 0 Å². The molecule has 0 fully saturated rings. The van der Waals surface area contributed by atoms with Gasteiger partial charge in [0.15, 0.2) is 0 Å². The Morgan fingerprint density at radius 3 is 2.71 bits per heavy atom. The molecule has 0 bridgehead atoms. The minimum absolute atomic E-state index is 0.274. The minimum Gasteiger partial charge on any atom is -0.378 e. The second kappa shape index (κ2) is 5.55. The van der Waals surface area contributed by atoms with Crippen LogP contribution < -0.4 is 5.32 Å². The van der Waals surface area contributed by atoms with Gasteiger partial charge in [0, 0.05) is 5.69 Å². The number of nitrogens with one attached hydrogen (secondary N) is 1. The van der Waals surface area contributed by atoms with Crippen LogP contribution in [0.4, 0.5) is 5.69 Å². The van der Waals surface area contributed by atoms with Gasteiger partial charge in [-0.3, -0.25) is 0 Å². The lowest BCUT2D eigenvalue weighted by Crippen LogP contribution is -2.33. The molecular weight excluding hydrogens is 254 g/mol. The number of aryl methyl sites for hydroxylation is 2. The smallest absolute Gasteiger partial charge is 0.0567 e. The van der Waals surface area contributed by atoms with E-state index in [-0.39, 0.29) is 5.41 Å². The molecule has 0 aromatic heterocycles. The molecule has 1 atom stereocenters. The summed E-state index contributed by atoms with van der Waals surface area (Å²) in [6, 6.07) is 18.1. The fraction of sp³-hybridized carbons (Fsp3) is 0.400. The van der Waals surface area contributed by atoms with E-state index >= 15 is 0 Å². The van der Waals surface area contributed by atoms with E-state index in [1.807, 2.05) is 0 Å². The molecule has 2 aromatic rings. The normalized spacial score (nSPS) is 19.9. The van der Waals surface area contributed by atoms with E-state index in [2.05, 4.69) is 74.6 Å². The fourth-order valence-electron chi connectivity index (χ4n) is 3.39. The maximum absolute atomic E-state index is 3.80. The maximum Gasteiger partial charge on any atom is 0.0567 e. The average Bonchev–Trinajstić information content (AvgIpc) is 2.50. The molecular formula is C20H25N. The van der Waals surface area contributed by atoms with Crippen molar-refractivity contribution >= 4 is 5.69 Å². The van der Waals surface area contributed by atoms with Crippen molar-refractivity contribution in [3.63, 3.8) is 0 Å². The van der Waals surface area contributed by atoms with Gasteiger partial charge in [-0.1, -0.05) is 57.2 Å². The Hall–Kier alpha value is -1.76. The van der Waals surface area contributed by atoms with Crippen LogP contribution >= 0.6 is 0 Å². The number of hydrogen-bond acceptors (Lipinski definition) is 1. The number of benzene rings is 2. The highest BCUT2D eigenvalue weighted by Crippen LogP contribution is 2.45. The van der Waals surface area contributed by atoms with Crippen molar-refractivity contribution in [1.29, 1.82) is 0 Å². The first-order valence-electron chi connectivity index (χ1n) is 8.03. The van der Waals surface area contributed by atoms with Gasteiger partial charge in [0.2, 0.25) is 0 Å². The van der Waals surface area contributed by atoms with Crippen LogP contribution in [0.1, 0.15) is 49.9 Å². The molecule has 0 radical (unpaired) electrons. The van der Waals surface area contributed by atoms with Gasteiger partial charge in [0.05, 0.1) is 6.04 Å². The number of rotatable bonds is 3. The first-order chi connectivity index (χ1) is 10.1. The first-order valence-corrected chi connectivity index (χ1v) is 8.03. The summed E-state index contributed by atoms with van der Waals surface area (Å²) < 4.78 is 0. The lowest BCUT2D eigenvalue weighted by molar-refractivity contribution is 0.265. The second-order valence-corrected chi connectivity index (χ2v) is 6.82. The largest absolute Gasteiger partial charge is 0.378 e. The van der Waals surface area contributed by atoms with Gasteiger partial charge in [0.25, 0.3) is 0 Å². The lowest BCUT2D eigenvalue weighted by Gasteiger charge is -2.41. The summed E-state index contributed by atoms with van der Waals surface area (Å²) in [5.74, 6) is 0. The van der Waals surface area contributed by atoms with Crippen molar-refractivity contribution < 1.29 is 0 Å². The molecule has 1 nitrogen and oxygen atoms in total. The van der Waals surface area contributed by atoms with Crippen molar-refractivity contribution in [2.75, 3.05) is 5.32 Å². The molecule has 0 saturated heterocycles. The van der Waals surface area contributed by atoms with Gasteiger partial charge in [-0.25, -0.2) is 0 Å². The molecule has 1 N–H and O–H groups in total. The summed E-state index contributed by atoms with van der Waals surface area (Å²) in [6.45, 7) is 6.97. The van der Waals surface area contributed by atoms with Crippen LogP contribution in [-0.4, -0.2) is 0 Å². The summed E-state index contributed by atoms with van der Waals surface area (Å²) >= 11 is 0. The molecule has 1 aliphatic rings. The molecule has 1 unspecified atom stereocenters. The van der Waals surface area contributed by atoms with Crippen molar-refractivity contribution in [2.45, 2.75) is 46.1 Å². The highest BCUT2D eigenvalue weighted by molar-refractivity contribution is 5.50. The van der Waals surface area contributed by atoms with E-state index in [0.29, 0.717) is 6.04 Å². The van der Waals surface area contributed by atoms with Gasteiger partial charge >= 0.3 is 0 Å². The molecule has 2 aromatic carbocycles. The van der Waals surface area contributed by atoms with Crippen LogP contribution in [0.15, 0.2) is 48.5 Å². The van der Waals surface area contributed by atoms with Gasteiger partial charge in [-0.15, -0.1) is 0 Å². The standard InChI is InChI=1S/C20H25N/c1-4-15-8-7-10-17(14-15)21-19-18-11-6-5-9-16(18)12-13-20(19,2)3/h5-11,14,19,21H,4,12-13H2,1-3H3. The Labute approximate surface area is 128 Å². The highest BCUT2D eigenvalue weighted by Gasteiger charge is 2.35. The molecule has 1 heteroatoms. The topological polar surface area (TPSA) is 12.0 Å². The number of anilines is 1. The van der Waals surface area contributed by atoms with E-state index in [9.17, 15) is 0 Å². The molecule has 0 saturated carbocycles. The molecule has 0 spiro atoms. The number of hydrogen-bond donors (Lipinski definition) is 1. The van der Waals surface area contributed by atoms with Crippen molar-refractivity contribution in [3.05, 3.63) is 65.2 Å². The average molecular weight is 279 g/mol. The Morgan fingerprint density at radius 2 is 1.90 bits per heavy atom. The van der Waals surface area contributed by atoms with E-state index in [4.69, 9.17) is 0 Å². The van der Waals surface area contributed by atoms with Gasteiger partial charge in [-0.05, 0) is 53.5 Å². The molecule has 0 amide bonds. The lowest BCUT2D eigenvalue weighted by atomic mass is 9.70. The van der Waals surface area contributed by atoms with Crippen LogP contribution in [0.3, 0.4) is 0 Å². The summed E-state index contributed by atoms with van der Waals surface area (Å²) in [5.41, 5.74) is 5.87. The predicted octanol–water partition coefficient (Wildman–Crippen LogP) is 5.37. The van der Waals surface area contributed by atoms with Crippen LogP contribution in [-0.2, 0) is 12.8 Å². The zero-order valence-corrected chi connectivity index (χ0v) is 13.3. The summed E-state index contributed by atoms with van der Waals surface area (Å²) in [4.78, 5) is 0. The molecule has 3 rings (SSSR count). The van der Waals surface area contributed by atoms with Gasteiger partial charge in [0.1, 0.15) is 0 Å². The predicted molar refractivity (Wildman–Crippen MR) is 90.7 cm³/mol. The van der Waals surface area contributed by atoms with E-state index in [1.54, 1.807) is 0 Å². The summed E-state index contributed by atoms with van der Waals surface area (Å²) in [6.07, 6.45) is 3.51. The summed E-state index contributed by atoms with van der Waals surface area (Å²) in [7, 11) is 0. The van der Waals surface area contributed by atoms with Crippen molar-refractivity contribution in [1.82, 2.24) is 0 Å². The quantitative estimate of drug-likeness (QED) is 0.796. The molecule has 1 aliphatic carbocycles. The zero-order chi connectivity index (χ0) is 14.9. The second-order valence-electron chi connectivity index (χ2n) is 6.82. The Balaban J connectivity index is 1.95. The molecule has 0 aliphatic heterocycles. The number of fused-ring (bicyclic) bond motifs is 1. The third-order valence-corrected chi connectivity index (χ3v) is 4.83. The van der Waals surface area contributed by atoms with Crippen LogP contribution in [0.25, 0.3) is 0 Å².